The fourth-order valence-corrected chi connectivity index (χ4v) is 11.7. The number of hydrogen-bond donors (Lipinski definition) is 10. The minimum atomic E-state index is -1.92. The monoisotopic (exact) mass is 774 g/mol. The molecule has 10 N–H and O–H groups in total. The van der Waals surface area contributed by atoms with Crippen LogP contribution >= 0.6 is 0 Å². The molecule has 3 heterocycles. The van der Waals surface area contributed by atoms with Crippen LogP contribution in [-0.2, 0) is 33.2 Å². The van der Waals surface area contributed by atoms with Crippen LogP contribution in [0.25, 0.3) is 0 Å². The predicted molar refractivity (Wildman–Crippen MR) is 180 cm³/mol. The van der Waals surface area contributed by atoms with Gasteiger partial charge in [-0.1, -0.05) is 19.9 Å². The molecule has 0 amide bonds. The van der Waals surface area contributed by atoms with E-state index >= 15 is 0 Å². The summed E-state index contributed by atoms with van der Waals surface area (Å²) in [4.78, 5) is 14.7. The Balaban J connectivity index is 1.18. The summed E-state index contributed by atoms with van der Waals surface area (Å²) < 4.78 is 35.2. The Morgan fingerprint density at radius 3 is 2.09 bits per heavy atom. The lowest BCUT2D eigenvalue weighted by molar-refractivity contribution is -0.383. The number of hydrogen-bond acceptors (Lipinski definition) is 17. The number of carbonyl (C=O) groups is 1. The highest BCUT2D eigenvalue weighted by atomic mass is 16.8. The second kappa shape index (κ2) is 14.8. The molecular formula is C37H58O17. The first-order valence-corrected chi connectivity index (χ1v) is 19.3. The first kappa shape index (κ1) is 40.8. The van der Waals surface area contributed by atoms with Crippen LogP contribution in [0.2, 0.25) is 0 Å². The predicted octanol–water partition coefficient (Wildman–Crippen LogP) is -2.30. The van der Waals surface area contributed by atoms with Crippen molar-refractivity contribution in [2.45, 2.75) is 163 Å². The summed E-state index contributed by atoms with van der Waals surface area (Å²) in [6.07, 6.45) is -17.3. The molecule has 7 aliphatic rings. The van der Waals surface area contributed by atoms with Gasteiger partial charge in [0.1, 0.15) is 61.0 Å². The molecule has 3 aliphatic heterocycles. The second-order valence-corrected chi connectivity index (χ2v) is 17.6. The van der Waals surface area contributed by atoms with E-state index in [4.69, 9.17) is 28.4 Å². The minimum Gasteiger partial charge on any atom is -0.432 e. The Kier molecular flexibility index (Phi) is 11.2. The summed E-state index contributed by atoms with van der Waals surface area (Å²) in [7, 11) is 0. The van der Waals surface area contributed by atoms with Crippen LogP contribution in [0.1, 0.15) is 71.6 Å². The number of aliphatic hydroxyl groups is 10. The maximum absolute atomic E-state index is 14.7. The first-order valence-electron chi connectivity index (χ1n) is 19.3. The van der Waals surface area contributed by atoms with Gasteiger partial charge in [-0.05, 0) is 86.5 Å². The molecular weight excluding hydrogens is 716 g/mol. The average Bonchev–Trinajstić information content (AvgIpc) is 3.32. The molecule has 17 nitrogen and oxygen atoms in total. The van der Waals surface area contributed by atoms with Gasteiger partial charge in [-0.25, -0.2) is 0 Å². The summed E-state index contributed by atoms with van der Waals surface area (Å²) in [5.74, 6) is -0.517. The van der Waals surface area contributed by atoms with Crippen LogP contribution in [0, 0.1) is 28.1 Å². The maximum atomic E-state index is 14.7. The van der Waals surface area contributed by atoms with Crippen molar-refractivity contribution in [1.29, 1.82) is 0 Å². The average molecular weight is 775 g/mol. The Morgan fingerprint density at radius 1 is 0.759 bits per heavy atom. The second-order valence-electron chi connectivity index (χ2n) is 17.6. The Labute approximate surface area is 313 Å². The smallest absolute Gasteiger partial charge is 0.314 e. The lowest BCUT2D eigenvalue weighted by atomic mass is 9.41. The van der Waals surface area contributed by atoms with Gasteiger partial charge in [-0.2, -0.15) is 0 Å². The lowest BCUT2D eigenvalue weighted by Crippen LogP contribution is -2.67. The summed E-state index contributed by atoms with van der Waals surface area (Å²) in [6.45, 7) is 6.31. The van der Waals surface area contributed by atoms with Gasteiger partial charge in [-0.15, -0.1) is 0 Å². The molecule has 4 saturated carbocycles. The van der Waals surface area contributed by atoms with Crippen LogP contribution in [0.4, 0.5) is 0 Å². The van der Waals surface area contributed by atoms with E-state index in [2.05, 4.69) is 13.5 Å². The molecule has 0 aromatic heterocycles. The number of fused-ring (bicyclic) bond motifs is 3. The normalized spacial score (nSPS) is 54.8. The summed E-state index contributed by atoms with van der Waals surface area (Å²) >= 11 is 0. The van der Waals surface area contributed by atoms with Gasteiger partial charge < -0.3 is 79.5 Å². The zero-order chi connectivity index (χ0) is 39.1. The molecule has 0 aromatic carbocycles. The number of ether oxygens (including phenoxy) is 6. The van der Waals surface area contributed by atoms with Crippen molar-refractivity contribution in [1.82, 2.24) is 0 Å². The van der Waals surface area contributed by atoms with Gasteiger partial charge in [0.05, 0.1) is 30.8 Å². The van der Waals surface area contributed by atoms with E-state index in [0.29, 0.717) is 25.7 Å². The molecule has 54 heavy (non-hydrogen) atoms. The van der Waals surface area contributed by atoms with E-state index in [9.17, 15) is 55.9 Å². The van der Waals surface area contributed by atoms with Crippen LogP contribution < -0.4 is 0 Å². The van der Waals surface area contributed by atoms with E-state index < -0.39 is 123 Å². The number of rotatable bonds is 8. The molecule has 3 saturated heterocycles. The minimum absolute atomic E-state index is 0.0959. The Morgan fingerprint density at radius 2 is 1.39 bits per heavy atom. The van der Waals surface area contributed by atoms with Gasteiger partial charge >= 0.3 is 5.97 Å². The highest BCUT2D eigenvalue weighted by Gasteiger charge is 2.68. The molecule has 17 heteroatoms. The Hall–Kier alpha value is -1.39. The third-order valence-corrected chi connectivity index (χ3v) is 14.5. The molecule has 1 spiro atoms. The highest BCUT2D eigenvalue weighted by molar-refractivity contribution is 5.77. The van der Waals surface area contributed by atoms with E-state index in [1.54, 1.807) is 0 Å². The number of esters is 1. The zero-order valence-corrected chi connectivity index (χ0v) is 30.8. The molecule has 0 unspecified atom stereocenters. The molecule has 20 atom stereocenters. The number of carbonyl (C=O) groups excluding carboxylic acids is 1. The van der Waals surface area contributed by atoms with Gasteiger partial charge in [0.15, 0.2) is 18.7 Å². The summed E-state index contributed by atoms with van der Waals surface area (Å²) in [5, 5.41) is 106. The van der Waals surface area contributed by atoms with Crippen LogP contribution in [0.5, 0.6) is 0 Å². The molecule has 308 valence electrons. The van der Waals surface area contributed by atoms with Crippen LogP contribution in [0.3, 0.4) is 0 Å². The molecule has 0 radical (unpaired) electrons. The number of aliphatic hydroxyl groups excluding tert-OH is 9. The van der Waals surface area contributed by atoms with Crippen molar-refractivity contribution < 1.29 is 84.3 Å². The van der Waals surface area contributed by atoms with Crippen molar-refractivity contribution in [3.63, 3.8) is 0 Å². The maximum Gasteiger partial charge on any atom is 0.314 e. The molecule has 4 aliphatic carbocycles. The van der Waals surface area contributed by atoms with Crippen molar-refractivity contribution in [3.8, 4) is 0 Å². The topological polar surface area (TPSA) is 275 Å². The summed E-state index contributed by atoms with van der Waals surface area (Å²) in [5.41, 5.74) is -1.36. The van der Waals surface area contributed by atoms with Gasteiger partial charge in [-0.3, -0.25) is 4.79 Å². The van der Waals surface area contributed by atoms with Gasteiger partial charge in [0.2, 0.25) is 6.29 Å². The van der Waals surface area contributed by atoms with Gasteiger partial charge in [0.25, 0.3) is 0 Å². The highest BCUT2D eigenvalue weighted by Crippen LogP contribution is 2.73. The third-order valence-electron chi connectivity index (χ3n) is 14.5. The van der Waals surface area contributed by atoms with Crippen molar-refractivity contribution in [2.24, 2.45) is 28.1 Å². The van der Waals surface area contributed by atoms with Crippen molar-refractivity contribution in [2.75, 3.05) is 19.8 Å². The molecule has 0 aromatic rings. The van der Waals surface area contributed by atoms with Crippen molar-refractivity contribution in [3.05, 3.63) is 12.2 Å². The largest absolute Gasteiger partial charge is 0.432 e. The molecule has 7 rings (SSSR count). The first-order chi connectivity index (χ1) is 25.4. The standard InChI is InChI=1S/C37H58O17/c1-16-11-36-9-5-20-34(2,21(36)6-10-37(16,48)15-36)7-4-8-35(20,3)33(47)54-32-29(53-30-26(45)22(41)17(40)14-49-30)28(24(43)19(13-39)51-32)52-31-27(46)25(44)23(42)18(12-38)50-31/h17-32,38-46,48H,1,4-15H2,2-3H3/t17-,18-,19-,20+,21+,22+,23-,24-,25+,26-,27-,28+,29-,30+,31+,32+,34-,35-,36-,37+/m1/s1. The van der Waals surface area contributed by atoms with Crippen molar-refractivity contribution >= 4 is 5.97 Å². The van der Waals surface area contributed by atoms with Crippen LogP contribution in [0.15, 0.2) is 12.2 Å². The summed E-state index contributed by atoms with van der Waals surface area (Å²) in [6, 6.07) is 0. The third kappa shape index (κ3) is 6.48. The van der Waals surface area contributed by atoms with Crippen LogP contribution in [-0.4, -0.2) is 168 Å². The van der Waals surface area contributed by atoms with Gasteiger partial charge in [0, 0.05) is 0 Å². The van der Waals surface area contributed by atoms with E-state index in [1.165, 1.54) is 0 Å². The fourth-order valence-electron chi connectivity index (χ4n) is 11.7. The fraction of sp³-hybridized carbons (Fsp3) is 0.919. The Bertz CT molecular complexity index is 1400. The zero-order valence-electron chi connectivity index (χ0n) is 30.8. The molecule has 7 fully saturated rings. The van der Waals surface area contributed by atoms with E-state index in [0.717, 1.165) is 37.7 Å². The quantitative estimate of drug-likeness (QED) is 0.0918. The SMILES string of the molecule is C=C1C[C@@]23CC[C@H]4[C@@](C)(CCC[C@@]4(C)C(=O)O[C@@H]4O[C@H](CO)[C@@H](O)[C@H](O[C@@H]5O[C@H](CO)[C@@H](O)[C@H](O)[C@H]5O)[C@H]4O[C@@H]4OC[C@@H](O)[C@H](O)[C@H]4O)[C@@H]2CC[C@]1(O)C3. The van der Waals surface area contributed by atoms with E-state index in [-0.39, 0.29) is 22.7 Å². The lowest BCUT2D eigenvalue weighted by Gasteiger charge is -2.64. The molecule has 2 bridgehead atoms. The van der Waals surface area contributed by atoms with E-state index in [1.807, 2.05) is 6.92 Å².